The summed E-state index contributed by atoms with van der Waals surface area (Å²) in [5.74, 6) is -0.267. The van der Waals surface area contributed by atoms with Crippen molar-refractivity contribution in [3.63, 3.8) is 0 Å². The molecule has 26 heavy (non-hydrogen) atoms. The van der Waals surface area contributed by atoms with Crippen molar-refractivity contribution in [3.8, 4) is 0 Å². The molecule has 9 heteroatoms. The lowest BCUT2D eigenvalue weighted by atomic mass is 9.92. The first-order valence-corrected chi connectivity index (χ1v) is 8.87. The number of hydrogen-bond acceptors (Lipinski definition) is 6. The molecule has 3 rings (SSSR count). The summed E-state index contributed by atoms with van der Waals surface area (Å²) in [5, 5.41) is 9.33. The van der Waals surface area contributed by atoms with Gasteiger partial charge in [-0.3, -0.25) is 10.0 Å². The van der Waals surface area contributed by atoms with Crippen LogP contribution < -0.4 is 10.4 Å². The lowest BCUT2D eigenvalue weighted by Crippen LogP contribution is -2.41. The number of halogens is 2. The van der Waals surface area contributed by atoms with Gasteiger partial charge < -0.3 is 4.90 Å². The monoisotopic (exact) mass is 421 g/mol. The fourth-order valence-corrected chi connectivity index (χ4v) is 3.22. The van der Waals surface area contributed by atoms with Crippen LogP contribution in [0.2, 0.25) is 0 Å². The van der Waals surface area contributed by atoms with Gasteiger partial charge in [0.1, 0.15) is 18.0 Å². The Morgan fingerprint density at radius 2 is 2.12 bits per heavy atom. The molecule has 0 radical (unpaired) electrons. The first kappa shape index (κ1) is 18.4. The van der Waals surface area contributed by atoms with Crippen molar-refractivity contribution >= 4 is 39.1 Å². The number of benzene rings is 1. The highest BCUT2D eigenvalue weighted by Gasteiger charge is 2.28. The molecule has 2 aromatic rings. The number of anilines is 1. The van der Waals surface area contributed by atoms with E-state index in [1.807, 2.05) is 11.5 Å². The van der Waals surface area contributed by atoms with Gasteiger partial charge in [0, 0.05) is 25.2 Å². The van der Waals surface area contributed by atoms with E-state index in [1.54, 1.807) is 6.20 Å². The van der Waals surface area contributed by atoms with Crippen LogP contribution in [0.15, 0.2) is 46.3 Å². The minimum atomic E-state index is -0.425. The molecule has 1 saturated heterocycles. The molecule has 1 aromatic heterocycles. The number of piperidine rings is 1. The number of aromatic nitrogens is 2. The Hall–Kier alpha value is -2.39. The molecule has 0 unspecified atom stereocenters. The Morgan fingerprint density at radius 3 is 2.73 bits per heavy atom. The largest absolute Gasteiger partial charge is 0.356 e. The zero-order valence-electron chi connectivity index (χ0n) is 13.8. The van der Waals surface area contributed by atoms with Crippen LogP contribution >= 0.6 is 15.9 Å². The van der Waals surface area contributed by atoms with Crippen molar-refractivity contribution in [1.82, 2.24) is 15.4 Å². The molecule has 0 aliphatic carbocycles. The predicted molar refractivity (Wildman–Crippen MR) is 98.1 cm³/mol. The van der Waals surface area contributed by atoms with Gasteiger partial charge in [0.2, 0.25) is 5.78 Å². The Morgan fingerprint density at radius 1 is 1.35 bits per heavy atom. The molecule has 1 fully saturated rings. The van der Waals surface area contributed by atoms with Gasteiger partial charge in [-0.05, 0) is 53.0 Å². The quantitative estimate of drug-likeness (QED) is 0.448. The molecule has 136 valence electrons. The Labute approximate surface area is 158 Å². The molecule has 1 aromatic carbocycles. The summed E-state index contributed by atoms with van der Waals surface area (Å²) < 4.78 is 13.5. The zero-order valence-corrected chi connectivity index (χ0v) is 15.4. The van der Waals surface area contributed by atoms with E-state index in [1.165, 1.54) is 24.5 Å². The number of aliphatic imine (C=N–C) groups is 1. The van der Waals surface area contributed by atoms with Crippen LogP contribution in [0.4, 0.5) is 15.9 Å². The molecule has 7 nitrogen and oxygen atoms in total. The summed E-state index contributed by atoms with van der Waals surface area (Å²) in [4.78, 5) is 27.0. The van der Waals surface area contributed by atoms with E-state index in [0.29, 0.717) is 31.6 Å². The third-order valence-corrected chi connectivity index (χ3v) is 4.85. The van der Waals surface area contributed by atoms with Gasteiger partial charge in [0.15, 0.2) is 5.84 Å². The molecular weight excluding hydrogens is 405 g/mol. The number of hydroxylamine groups is 1. The number of Topliss-reactive ketones (excluding diaryl/α,β-unsaturated/α-hetero) is 1. The number of rotatable bonds is 4. The number of carbonyl (C=O) groups is 1. The van der Waals surface area contributed by atoms with Crippen LogP contribution in [0.1, 0.15) is 12.8 Å². The number of carbonyl (C=O) groups excluding carboxylic acids is 1. The maximum Gasteiger partial charge on any atom is 0.203 e. The van der Waals surface area contributed by atoms with Crippen molar-refractivity contribution in [2.24, 2.45) is 10.9 Å². The molecule has 0 saturated carbocycles. The van der Waals surface area contributed by atoms with E-state index in [0.717, 1.165) is 5.82 Å². The number of hydrogen-bond donors (Lipinski definition) is 2. The molecule has 0 bridgehead atoms. The smallest absolute Gasteiger partial charge is 0.203 e. The molecular formula is C17H17BrFN5O2. The molecule has 1 aliphatic heterocycles. The molecule has 0 spiro atoms. The lowest BCUT2D eigenvalue weighted by molar-refractivity contribution is -0.117. The van der Waals surface area contributed by atoms with Crippen LogP contribution in [-0.2, 0) is 4.79 Å². The maximum absolute atomic E-state index is 13.3. The second-order valence-electron chi connectivity index (χ2n) is 5.86. The minimum Gasteiger partial charge on any atom is -0.356 e. The minimum absolute atomic E-state index is 0.149. The third-order valence-electron chi connectivity index (χ3n) is 4.24. The van der Waals surface area contributed by atoms with E-state index in [-0.39, 0.29) is 22.0 Å². The molecule has 2 N–H and O–H groups in total. The third kappa shape index (κ3) is 4.23. The zero-order chi connectivity index (χ0) is 18.5. The van der Waals surface area contributed by atoms with Crippen molar-refractivity contribution in [3.05, 3.63) is 47.1 Å². The SMILES string of the molecule is O=C(C(=Nc1ccc(F)c(Br)c1)NO)C1CCN(c2ccncn2)CC1. The van der Waals surface area contributed by atoms with E-state index >= 15 is 0 Å². The van der Waals surface area contributed by atoms with Crippen molar-refractivity contribution in [2.45, 2.75) is 12.8 Å². The molecule has 2 heterocycles. The van der Waals surface area contributed by atoms with Gasteiger partial charge in [0.05, 0.1) is 10.2 Å². The summed E-state index contributed by atoms with van der Waals surface area (Å²) in [6.45, 7) is 1.35. The molecule has 0 amide bonds. The summed E-state index contributed by atoms with van der Waals surface area (Å²) in [6.07, 6.45) is 4.42. The summed E-state index contributed by atoms with van der Waals surface area (Å²) in [5.41, 5.74) is 2.24. The highest BCUT2D eigenvalue weighted by atomic mass is 79.9. The first-order valence-electron chi connectivity index (χ1n) is 8.07. The average Bonchev–Trinajstić information content (AvgIpc) is 2.69. The number of amidine groups is 1. The number of nitrogens with zero attached hydrogens (tertiary/aromatic N) is 4. The standard InChI is InChI=1S/C17H17BrFN5O2/c18-13-9-12(1-2-14(13)19)22-17(23-26)16(25)11-4-7-24(8-5-11)15-3-6-20-10-21-15/h1-3,6,9-11,26H,4-5,7-8H2,(H,22,23). The van der Waals surface area contributed by atoms with Gasteiger partial charge in [-0.15, -0.1) is 0 Å². The lowest BCUT2D eigenvalue weighted by Gasteiger charge is -2.31. The number of ketones is 1. The predicted octanol–water partition coefficient (Wildman–Crippen LogP) is 2.87. The number of nitrogens with one attached hydrogen (secondary N) is 1. The summed E-state index contributed by atoms with van der Waals surface area (Å²) >= 11 is 3.07. The normalized spacial score (nSPS) is 15.8. The second kappa shape index (κ2) is 8.33. The van der Waals surface area contributed by atoms with Crippen LogP contribution in [0.5, 0.6) is 0 Å². The fraction of sp³-hybridized carbons (Fsp3) is 0.294. The van der Waals surface area contributed by atoms with Crippen LogP contribution in [0, 0.1) is 11.7 Å². The van der Waals surface area contributed by atoms with E-state index < -0.39 is 5.82 Å². The van der Waals surface area contributed by atoms with Gasteiger partial charge in [-0.1, -0.05) is 0 Å². The van der Waals surface area contributed by atoms with Crippen LogP contribution in [-0.4, -0.2) is 39.9 Å². The van der Waals surface area contributed by atoms with Crippen LogP contribution in [0.3, 0.4) is 0 Å². The Bertz CT molecular complexity index is 810. The van der Waals surface area contributed by atoms with Crippen LogP contribution in [0.25, 0.3) is 0 Å². The van der Waals surface area contributed by atoms with E-state index in [9.17, 15) is 14.4 Å². The second-order valence-corrected chi connectivity index (χ2v) is 6.72. The Kier molecular flexibility index (Phi) is 5.89. The maximum atomic E-state index is 13.3. The van der Waals surface area contributed by atoms with E-state index in [2.05, 4.69) is 35.8 Å². The van der Waals surface area contributed by atoms with Gasteiger partial charge in [-0.25, -0.2) is 24.8 Å². The fourth-order valence-electron chi connectivity index (χ4n) is 2.85. The Balaban J connectivity index is 1.68. The van der Waals surface area contributed by atoms with Gasteiger partial charge in [0.25, 0.3) is 0 Å². The van der Waals surface area contributed by atoms with Crippen molar-refractivity contribution < 1.29 is 14.4 Å². The highest BCUT2D eigenvalue weighted by molar-refractivity contribution is 9.10. The summed E-state index contributed by atoms with van der Waals surface area (Å²) in [6, 6.07) is 5.94. The molecule has 1 aliphatic rings. The highest BCUT2D eigenvalue weighted by Crippen LogP contribution is 2.24. The van der Waals surface area contributed by atoms with Crippen molar-refractivity contribution in [1.29, 1.82) is 0 Å². The van der Waals surface area contributed by atoms with Crippen molar-refractivity contribution in [2.75, 3.05) is 18.0 Å². The topological polar surface area (TPSA) is 90.7 Å². The first-order chi connectivity index (χ1) is 12.6. The molecule has 0 atom stereocenters. The van der Waals surface area contributed by atoms with Gasteiger partial charge in [-0.2, -0.15) is 0 Å². The van der Waals surface area contributed by atoms with Gasteiger partial charge >= 0.3 is 0 Å². The van der Waals surface area contributed by atoms with E-state index in [4.69, 9.17) is 0 Å². The average molecular weight is 422 g/mol. The summed E-state index contributed by atoms with van der Waals surface area (Å²) in [7, 11) is 0.